The molecule has 1 heterocycles. The fraction of sp³-hybridized carbons (Fsp3) is 0.304. The van der Waals surface area contributed by atoms with Gasteiger partial charge in [-0.1, -0.05) is 12.1 Å². The number of carbonyl (C=O) groups excluding carboxylic acids is 1. The molecule has 0 unspecified atom stereocenters. The van der Waals surface area contributed by atoms with Crippen molar-refractivity contribution in [3.05, 3.63) is 64.9 Å². The lowest BCUT2D eigenvalue weighted by molar-refractivity contribution is 0.0701. The lowest BCUT2D eigenvalue weighted by Gasteiger charge is -2.24. The second kappa shape index (κ2) is 8.80. The molecule has 0 fully saturated rings. The Hall–Kier alpha value is -3.30. The Morgan fingerprint density at radius 2 is 1.86 bits per heavy atom. The zero-order chi connectivity index (χ0) is 21.0. The van der Waals surface area contributed by atoms with E-state index in [1.807, 2.05) is 56.3 Å². The van der Waals surface area contributed by atoms with Crippen molar-refractivity contribution < 1.29 is 13.9 Å². The van der Waals surface area contributed by atoms with Crippen molar-refractivity contribution in [3.8, 4) is 11.8 Å². The van der Waals surface area contributed by atoms with Crippen molar-refractivity contribution in [2.24, 2.45) is 0 Å². The van der Waals surface area contributed by atoms with Crippen molar-refractivity contribution in [2.75, 3.05) is 34.3 Å². The van der Waals surface area contributed by atoms with Gasteiger partial charge in [-0.15, -0.1) is 0 Å². The number of carbonyl (C=O) groups is 1. The molecule has 0 saturated heterocycles. The molecule has 0 radical (unpaired) electrons. The summed E-state index contributed by atoms with van der Waals surface area (Å²) in [4.78, 5) is 17.2. The van der Waals surface area contributed by atoms with Crippen LogP contribution in [-0.2, 0) is 6.54 Å². The molecule has 150 valence electrons. The Balaban J connectivity index is 1.91. The van der Waals surface area contributed by atoms with Crippen molar-refractivity contribution in [2.45, 2.75) is 13.5 Å². The minimum Gasteiger partial charge on any atom is -0.497 e. The summed E-state index contributed by atoms with van der Waals surface area (Å²) in [5, 5.41) is 9.86. The van der Waals surface area contributed by atoms with E-state index >= 15 is 0 Å². The van der Waals surface area contributed by atoms with Gasteiger partial charge in [-0.2, -0.15) is 5.26 Å². The maximum atomic E-state index is 13.4. The first-order valence-electron chi connectivity index (χ1n) is 9.43. The van der Waals surface area contributed by atoms with Crippen LogP contribution in [0.25, 0.3) is 11.0 Å². The zero-order valence-corrected chi connectivity index (χ0v) is 17.2. The number of fused-ring (bicyclic) bond motifs is 1. The number of likely N-dealkylation sites (N-methyl/N-ethyl adjacent to an activating group) is 1. The number of hydrogen-bond acceptors (Lipinski definition) is 5. The van der Waals surface area contributed by atoms with Crippen LogP contribution >= 0.6 is 0 Å². The first-order chi connectivity index (χ1) is 13.9. The number of benzene rings is 2. The molecule has 3 aromatic rings. The van der Waals surface area contributed by atoms with Gasteiger partial charge in [0, 0.05) is 30.6 Å². The topological polar surface area (TPSA) is 69.7 Å². The number of furan rings is 1. The highest BCUT2D eigenvalue weighted by molar-refractivity contribution is 5.99. The quantitative estimate of drug-likeness (QED) is 0.612. The molecule has 0 atom stereocenters. The number of aryl methyl sites for hydroxylation is 1. The molecule has 0 aliphatic heterocycles. The van der Waals surface area contributed by atoms with Crippen LogP contribution in [0.4, 0.5) is 0 Å². The summed E-state index contributed by atoms with van der Waals surface area (Å²) in [5.41, 5.74) is 3.03. The molecule has 0 N–H and O–H groups in total. The highest BCUT2D eigenvalue weighted by Gasteiger charge is 2.24. The van der Waals surface area contributed by atoms with Crippen LogP contribution in [0.2, 0.25) is 0 Å². The standard InChI is InChI=1S/C23H25N3O3/c1-16-20-13-19(28-4)9-10-21(20)29-22(16)23(27)26(12-11-25(2)3)15-18-7-5-17(14-24)6-8-18/h5-10,13H,11-12,15H2,1-4H3. The summed E-state index contributed by atoms with van der Waals surface area (Å²) in [6, 6.07) is 14.9. The third-order valence-electron chi connectivity index (χ3n) is 4.90. The second-order valence-corrected chi connectivity index (χ2v) is 7.26. The SMILES string of the molecule is COc1ccc2oc(C(=O)N(CCN(C)C)Cc3ccc(C#N)cc3)c(C)c2c1. The van der Waals surface area contributed by atoms with Gasteiger partial charge in [0.2, 0.25) is 0 Å². The maximum Gasteiger partial charge on any atom is 0.290 e. The predicted molar refractivity (Wildman–Crippen MR) is 112 cm³/mol. The molecule has 0 aliphatic carbocycles. The number of ether oxygens (including phenoxy) is 1. The highest BCUT2D eigenvalue weighted by atomic mass is 16.5. The number of hydrogen-bond donors (Lipinski definition) is 0. The average Bonchev–Trinajstić information content (AvgIpc) is 3.06. The van der Waals surface area contributed by atoms with Gasteiger partial charge in [0.25, 0.3) is 5.91 Å². The van der Waals surface area contributed by atoms with E-state index in [1.165, 1.54) is 0 Å². The van der Waals surface area contributed by atoms with Gasteiger partial charge < -0.3 is 19.0 Å². The number of amides is 1. The van der Waals surface area contributed by atoms with Gasteiger partial charge in [-0.05, 0) is 56.9 Å². The van der Waals surface area contributed by atoms with E-state index in [1.54, 1.807) is 24.1 Å². The summed E-state index contributed by atoms with van der Waals surface area (Å²) in [5.74, 6) is 0.923. The van der Waals surface area contributed by atoms with Crippen molar-refractivity contribution in [3.63, 3.8) is 0 Å². The van der Waals surface area contributed by atoms with Gasteiger partial charge >= 0.3 is 0 Å². The Bertz CT molecular complexity index is 1050. The molecule has 0 saturated carbocycles. The summed E-state index contributed by atoms with van der Waals surface area (Å²) in [6.07, 6.45) is 0. The molecule has 0 spiro atoms. The van der Waals surface area contributed by atoms with Gasteiger partial charge in [-0.25, -0.2) is 0 Å². The molecule has 3 rings (SSSR count). The third-order valence-corrected chi connectivity index (χ3v) is 4.90. The van der Waals surface area contributed by atoms with E-state index in [0.29, 0.717) is 30.0 Å². The monoisotopic (exact) mass is 391 g/mol. The average molecular weight is 391 g/mol. The number of nitrogens with zero attached hydrogens (tertiary/aromatic N) is 3. The Labute approximate surface area is 170 Å². The molecule has 1 aromatic heterocycles. The summed E-state index contributed by atoms with van der Waals surface area (Å²) in [7, 11) is 5.56. The molecule has 6 nitrogen and oxygen atoms in total. The maximum absolute atomic E-state index is 13.4. The molecule has 29 heavy (non-hydrogen) atoms. The first-order valence-corrected chi connectivity index (χ1v) is 9.43. The number of rotatable bonds is 7. The van der Waals surface area contributed by atoms with E-state index in [0.717, 1.165) is 28.8 Å². The van der Waals surface area contributed by atoms with Crippen LogP contribution in [0, 0.1) is 18.3 Å². The molecular formula is C23H25N3O3. The van der Waals surface area contributed by atoms with Crippen molar-refractivity contribution in [1.29, 1.82) is 5.26 Å². The van der Waals surface area contributed by atoms with Crippen LogP contribution in [0.1, 0.15) is 27.2 Å². The van der Waals surface area contributed by atoms with Crippen molar-refractivity contribution in [1.82, 2.24) is 9.80 Å². The molecular weight excluding hydrogens is 366 g/mol. The number of nitriles is 1. The van der Waals surface area contributed by atoms with Gasteiger partial charge in [0.1, 0.15) is 11.3 Å². The van der Waals surface area contributed by atoms with E-state index in [2.05, 4.69) is 6.07 Å². The summed E-state index contributed by atoms with van der Waals surface area (Å²) >= 11 is 0. The second-order valence-electron chi connectivity index (χ2n) is 7.26. The lowest BCUT2D eigenvalue weighted by Crippen LogP contribution is -2.36. The van der Waals surface area contributed by atoms with Crippen LogP contribution in [0.3, 0.4) is 0 Å². The normalized spacial score (nSPS) is 10.9. The molecule has 0 aliphatic rings. The van der Waals surface area contributed by atoms with E-state index in [4.69, 9.17) is 14.4 Å². The van der Waals surface area contributed by atoms with Crippen LogP contribution < -0.4 is 4.74 Å². The lowest BCUT2D eigenvalue weighted by atomic mass is 10.1. The van der Waals surface area contributed by atoms with E-state index in [9.17, 15) is 4.79 Å². The predicted octanol–water partition coefficient (Wildman–Crippen LogP) is 3.83. The number of methoxy groups -OCH3 is 1. The minimum absolute atomic E-state index is 0.149. The third kappa shape index (κ3) is 4.58. The smallest absolute Gasteiger partial charge is 0.290 e. The fourth-order valence-corrected chi connectivity index (χ4v) is 3.15. The first kappa shape index (κ1) is 20.4. The van der Waals surface area contributed by atoms with Gasteiger partial charge in [0.15, 0.2) is 5.76 Å². The molecule has 1 amide bonds. The molecule has 6 heteroatoms. The van der Waals surface area contributed by atoms with Crippen LogP contribution in [-0.4, -0.2) is 50.0 Å². The van der Waals surface area contributed by atoms with Crippen LogP contribution in [0.5, 0.6) is 5.75 Å². The molecule has 0 bridgehead atoms. The summed E-state index contributed by atoms with van der Waals surface area (Å²) in [6.45, 7) is 3.63. The van der Waals surface area contributed by atoms with Crippen molar-refractivity contribution >= 4 is 16.9 Å². The van der Waals surface area contributed by atoms with E-state index in [-0.39, 0.29) is 5.91 Å². The highest BCUT2D eigenvalue weighted by Crippen LogP contribution is 2.29. The summed E-state index contributed by atoms with van der Waals surface area (Å²) < 4.78 is 11.2. The fourth-order valence-electron chi connectivity index (χ4n) is 3.15. The van der Waals surface area contributed by atoms with Crippen LogP contribution in [0.15, 0.2) is 46.9 Å². The molecule has 2 aromatic carbocycles. The Morgan fingerprint density at radius 3 is 2.48 bits per heavy atom. The minimum atomic E-state index is -0.149. The van der Waals surface area contributed by atoms with Gasteiger partial charge in [-0.3, -0.25) is 4.79 Å². The zero-order valence-electron chi connectivity index (χ0n) is 17.2. The largest absolute Gasteiger partial charge is 0.497 e. The van der Waals surface area contributed by atoms with E-state index < -0.39 is 0 Å². The van der Waals surface area contributed by atoms with Gasteiger partial charge in [0.05, 0.1) is 18.7 Å². The Morgan fingerprint density at radius 1 is 1.14 bits per heavy atom. The Kier molecular flexibility index (Phi) is 6.20.